The first kappa shape index (κ1) is 18.7. The highest BCUT2D eigenvalue weighted by Crippen LogP contribution is 2.30. The Balaban J connectivity index is 1.72. The van der Waals surface area contributed by atoms with E-state index in [1.807, 2.05) is 49.6 Å². The Hall–Kier alpha value is -2.12. The minimum absolute atomic E-state index is 0.00950. The molecule has 0 unspecified atom stereocenters. The predicted octanol–water partition coefficient (Wildman–Crippen LogP) is 3.80. The molecule has 0 spiro atoms. The third-order valence-electron chi connectivity index (χ3n) is 4.07. The monoisotopic (exact) mass is 387 g/mol. The van der Waals surface area contributed by atoms with Gasteiger partial charge < -0.3 is 10.3 Å². The van der Waals surface area contributed by atoms with Crippen LogP contribution in [0.1, 0.15) is 26.1 Å². The molecule has 1 atom stereocenters. The molecule has 7 heteroatoms. The number of aromatic amines is 1. The van der Waals surface area contributed by atoms with E-state index in [0.29, 0.717) is 22.7 Å². The number of amides is 1. The van der Waals surface area contributed by atoms with Crippen molar-refractivity contribution in [1.82, 2.24) is 15.3 Å². The van der Waals surface area contributed by atoms with Crippen LogP contribution in [0.15, 0.2) is 40.5 Å². The number of carbonyl (C=O) groups excluding carboxylic acids is 1. The number of H-pyrrole nitrogens is 1. The van der Waals surface area contributed by atoms with Crippen LogP contribution in [-0.4, -0.2) is 27.7 Å². The van der Waals surface area contributed by atoms with E-state index in [9.17, 15) is 9.59 Å². The number of hydrogen-bond acceptors (Lipinski definition) is 5. The first-order valence-corrected chi connectivity index (χ1v) is 10.5. The SMILES string of the molecule is CC[C@H](C)NC(=O)CSCc1nc2scc(-c3ccccc3)c2c(=O)[nH]1. The third-order valence-corrected chi connectivity index (χ3v) is 5.89. The Morgan fingerprint density at radius 1 is 1.35 bits per heavy atom. The van der Waals surface area contributed by atoms with E-state index >= 15 is 0 Å². The van der Waals surface area contributed by atoms with Crippen LogP contribution < -0.4 is 10.9 Å². The van der Waals surface area contributed by atoms with Gasteiger partial charge in [0, 0.05) is 17.0 Å². The molecule has 3 rings (SSSR count). The summed E-state index contributed by atoms with van der Waals surface area (Å²) in [5.74, 6) is 1.46. The van der Waals surface area contributed by atoms with E-state index in [4.69, 9.17) is 0 Å². The Kier molecular flexibility index (Phi) is 6.11. The standard InChI is InChI=1S/C19H21N3O2S2/c1-3-12(2)20-16(23)11-25-10-15-21-18(24)17-14(9-26-19(17)22-15)13-7-5-4-6-8-13/h4-9,12H,3,10-11H2,1-2H3,(H,20,23)(H,21,22,24)/t12-/m0/s1. The van der Waals surface area contributed by atoms with E-state index in [1.165, 1.54) is 23.1 Å². The van der Waals surface area contributed by atoms with Gasteiger partial charge in [0.15, 0.2) is 0 Å². The van der Waals surface area contributed by atoms with Crippen molar-refractivity contribution < 1.29 is 4.79 Å². The van der Waals surface area contributed by atoms with Gasteiger partial charge in [-0.2, -0.15) is 0 Å². The number of benzene rings is 1. The third kappa shape index (κ3) is 4.34. The van der Waals surface area contributed by atoms with Crippen molar-refractivity contribution in [3.63, 3.8) is 0 Å². The van der Waals surface area contributed by atoms with Gasteiger partial charge in [0.2, 0.25) is 5.91 Å². The molecule has 136 valence electrons. The van der Waals surface area contributed by atoms with Crippen molar-refractivity contribution in [3.8, 4) is 11.1 Å². The number of thioether (sulfide) groups is 1. The highest BCUT2D eigenvalue weighted by atomic mass is 32.2. The second-order valence-corrected chi connectivity index (χ2v) is 7.92. The van der Waals surface area contributed by atoms with Crippen LogP contribution in [0, 0.1) is 0 Å². The van der Waals surface area contributed by atoms with E-state index in [2.05, 4.69) is 15.3 Å². The summed E-state index contributed by atoms with van der Waals surface area (Å²) in [5, 5.41) is 5.53. The fourth-order valence-electron chi connectivity index (χ4n) is 2.55. The minimum Gasteiger partial charge on any atom is -0.353 e. The van der Waals surface area contributed by atoms with Gasteiger partial charge in [0.25, 0.3) is 5.56 Å². The van der Waals surface area contributed by atoms with Gasteiger partial charge in [-0.25, -0.2) is 4.98 Å². The zero-order valence-corrected chi connectivity index (χ0v) is 16.4. The molecule has 1 aromatic carbocycles. The highest BCUT2D eigenvalue weighted by molar-refractivity contribution is 7.99. The lowest BCUT2D eigenvalue weighted by molar-refractivity contribution is -0.119. The van der Waals surface area contributed by atoms with Crippen LogP contribution in [-0.2, 0) is 10.5 Å². The number of nitrogens with zero attached hydrogens (tertiary/aromatic N) is 1. The number of hydrogen-bond donors (Lipinski definition) is 2. The first-order chi connectivity index (χ1) is 12.6. The van der Waals surface area contributed by atoms with Crippen molar-refractivity contribution >= 4 is 39.2 Å². The highest BCUT2D eigenvalue weighted by Gasteiger charge is 2.13. The predicted molar refractivity (Wildman–Crippen MR) is 110 cm³/mol. The van der Waals surface area contributed by atoms with Crippen molar-refractivity contribution in [2.75, 3.05) is 5.75 Å². The van der Waals surface area contributed by atoms with Crippen molar-refractivity contribution in [1.29, 1.82) is 0 Å². The summed E-state index contributed by atoms with van der Waals surface area (Å²) >= 11 is 2.92. The molecule has 26 heavy (non-hydrogen) atoms. The molecule has 0 saturated heterocycles. The second-order valence-electron chi connectivity index (χ2n) is 6.08. The van der Waals surface area contributed by atoms with Crippen LogP contribution in [0.2, 0.25) is 0 Å². The summed E-state index contributed by atoms with van der Waals surface area (Å²) in [7, 11) is 0. The van der Waals surface area contributed by atoms with Gasteiger partial charge in [0.1, 0.15) is 10.7 Å². The fourth-order valence-corrected chi connectivity index (χ4v) is 4.22. The molecule has 1 amide bonds. The van der Waals surface area contributed by atoms with Gasteiger partial charge >= 0.3 is 0 Å². The summed E-state index contributed by atoms with van der Waals surface area (Å²) in [6.45, 7) is 4.02. The second kappa shape index (κ2) is 8.51. The summed E-state index contributed by atoms with van der Waals surface area (Å²) in [4.78, 5) is 32.5. The van der Waals surface area contributed by atoms with Crippen LogP contribution in [0.4, 0.5) is 0 Å². The first-order valence-electron chi connectivity index (χ1n) is 8.51. The minimum atomic E-state index is -0.130. The summed E-state index contributed by atoms with van der Waals surface area (Å²) in [6, 6.07) is 10.0. The maximum Gasteiger partial charge on any atom is 0.260 e. The number of thiophene rings is 1. The van der Waals surface area contributed by atoms with E-state index in [1.54, 1.807) is 0 Å². The van der Waals surface area contributed by atoms with Crippen LogP contribution >= 0.6 is 23.1 Å². The molecule has 0 fully saturated rings. The molecule has 0 aliphatic heterocycles. The molecule has 2 aromatic heterocycles. The molecule has 0 aliphatic rings. The lowest BCUT2D eigenvalue weighted by Gasteiger charge is -2.10. The van der Waals surface area contributed by atoms with Crippen molar-refractivity contribution in [2.24, 2.45) is 0 Å². The molecule has 0 radical (unpaired) electrons. The van der Waals surface area contributed by atoms with Crippen LogP contribution in [0.3, 0.4) is 0 Å². The number of carbonyl (C=O) groups is 1. The maximum absolute atomic E-state index is 12.6. The molecular formula is C19H21N3O2S2. The normalized spacial score (nSPS) is 12.2. The van der Waals surface area contributed by atoms with Gasteiger partial charge in [0.05, 0.1) is 16.9 Å². The molecule has 2 heterocycles. The zero-order valence-electron chi connectivity index (χ0n) is 14.7. The van der Waals surface area contributed by atoms with Crippen molar-refractivity contribution in [3.05, 3.63) is 51.9 Å². The summed E-state index contributed by atoms with van der Waals surface area (Å²) in [5.41, 5.74) is 1.79. The zero-order chi connectivity index (χ0) is 18.5. The van der Waals surface area contributed by atoms with E-state index in [-0.39, 0.29) is 17.5 Å². The van der Waals surface area contributed by atoms with Crippen LogP contribution in [0.5, 0.6) is 0 Å². The Bertz CT molecular complexity index is 950. The fraction of sp³-hybridized carbons (Fsp3) is 0.316. The number of aromatic nitrogens is 2. The summed E-state index contributed by atoms with van der Waals surface area (Å²) in [6.07, 6.45) is 0.907. The maximum atomic E-state index is 12.6. The average Bonchev–Trinajstić information content (AvgIpc) is 3.07. The quantitative estimate of drug-likeness (QED) is 0.647. The number of nitrogens with one attached hydrogen (secondary N) is 2. The Morgan fingerprint density at radius 3 is 2.85 bits per heavy atom. The molecule has 0 aliphatic carbocycles. The van der Waals surface area contributed by atoms with Crippen molar-refractivity contribution in [2.45, 2.75) is 32.1 Å². The van der Waals surface area contributed by atoms with Gasteiger partial charge in [-0.1, -0.05) is 37.3 Å². The molecular weight excluding hydrogens is 366 g/mol. The van der Waals surface area contributed by atoms with Crippen LogP contribution in [0.25, 0.3) is 21.3 Å². The van der Waals surface area contributed by atoms with E-state index < -0.39 is 0 Å². The Morgan fingerprint density at radius 2 is 2.12 bits per heavy atom. The largest absolute Gasteiger partial charge is 0.353 e. The lowest BCUT2D eigenvalue weighted by atomic mass is 10.1. The molecule has 0 saturated carbocycles. The van der Waals surface area contributed by atoms with Gasteiger partial charge in [-0.05, 0) is 18.9 Å². The average molecular weight is 388 g/mol. The lowest BCUT2D eigenvalue weighted by Crippen LogP contribution is -2.33. The molecule has 2 N–H and O–H groups in total. The van der Waals surface area contributed by atoms with Gasteiger partial charge in [-0.15, -0.1) is 23.1 Å². The molecule has 5 nitrogen and oxygen atoms in total. The smallest absolute Gasteiger partial charge is 0.260 e. The number of rotatable bonds is 7. The number of fused-ring (bicyclic) bond motifs is 1. The Labute approximate surface area is 160 Å². The van der Waals surface area contributed by atoms with Gasteiger partial charge in [-0.3, -0.25) is 9.59 Å². The molecule has 0 bridgehead atoms. The summed E-state index contributed by atoms with van der Waals surface area (Å²) < 4.78 is 0. The van der Waals surface area contributed by atoms with E-state index in [0.717, 1.165) is 22.4 Å². The topological polar surface area (TPSA) is 74.8 Å². The molecule has 3 aromatic rings.